The molecule has 3 rings (SSSR count). The van der Waals surface area contributed by atoms with Crippen LogP contribution in [0.5, 0.6) is 5.75 Å². The number of nitroso groups, excluding NO2 is 1. The van der Waals surface area contributed by atoms with Crippen molar-refractivity contribution in [3.63, 3.8) is 0 Å². The molecule has 1 heterocycles. The molecule has 0 aromatic heterocycles. The molecule has 0 saturated carbocycles. The van der Waals surface area contributed by atoms with E-state index in [1.807, 2.05) is 6.08 Å². The average molecular weight is 594 g/mol. The Hall–Kier alpha value is -3.10. The number of aryl methyl sites for hydroxylation is 1. The van der Waals surface area contributed by atoms with E-state index in [0.717, 1.165) is 11.6 Å². The Balaban J connectivity index is 1.59. The smallest absolute Gasteiger partial charge is 0.430 e. The van der Waals surface area contributed by atoms with Gasteiger partial charge in [0, 0.05) is 12.1 Å². The third-order valence-electron chi connectivity index (χ3n) is 6.76. The fraction of sp³-hybridized carbons (Fsp3) is 0.556. The Morgan fingerprint density at radius 2 is 1.83 bits per heavy atom. The highest BCUT2D eigenvalue weighted by Gasteiger charge is 2.71. The van der Waals surface area contributed by atoms with Gasteiger partial charge in [0.1, 0.15) is 17.6 Å². The van der Waals surface area contributed by atoms with Gasteiger partial charge in [-0.3, -0.25) is 5.01 Å². The molecule has 0 saturated heterocycles. The number of hydrogen-bond acceptors (Lipinski definition) is 7. The number of rotatable bonds is 13. The van der Waals surface area contributed by atoms with Crippen LogP contribution < -0.4 is 10.5 Å². The molecule has 1 aromatic carbocycles. The minimum absolute atomic E-state index is 0.0762. The number of nitrogens with two attached hydrogens (primary N) is 1. The number of ether oxygens (including phenoxy) is 3. The molecule has 2 atom stereocenters. The normalized spacial score (nSPS) is 18.9. The summed E-state index contributed by atoms with van der Waals surface area (Å²) in [4.78, 5) is 11.5. The molecule has 14 heteroatoms. The van der Waals surface area contributed by atoms with Crippen LogP contribution in [0.2, 0.25) is 0 Å². The van der Waals surface area contributed by atoms with Crippen LogP contribution in [0.25, 0.3) is 0 Å². The van der Waals surface area contributed by atoms with E-state index in [4.69, 9.17) is 19.9 Å². The highest BCUT2D eigenvalue weighted by Crippen LogP contribution is 2.50. The number of alkyl halides is 6. The zero-order valence-electron chi connectivity index (χ0n) is 22.6. The van der Waals surface area contributed by atoms with Gasteiger partial charge in [-0.15, -0.1) is 4.91 Å². The number of unbranched alkanes of at least 4 members (excludes halogenated alkanes) is 1. The molecule has 0 radical (unpaired) electrons. The van der Waals surface area contributed by atoms with Crippen molar-refractivity contribution < 1.29 is 45.7 Å². The highest BCUT2D eigenvalue weighted by molar-refractivity contribution is 5.41. The summed E-state index contributed by atoms with van der Waals surface area (Å²) in [5.41, 5.74) is 0.0383. The molecular formula is C27H33F6N3O5. The maximum absolute atomic E-state index is 13.3. The molecular weight excluding hydrogens is 560 g/mol. The van der Waals surface area contributed by atoms with E-state index in [0.29, 0.717) is 37.2 Å². The third kappa shape index (κ3) is 7.60. The molecule has 2 aliphatic rings. The zero-order valence-corrected chi connectivity index (χ0v) is 22.6. The SMILES string of the molecule is CCCc1cc(C(O)(C(F)(F)F)C(F)(F)F)ccc1OCCCCN(CC(C)(N)C1=CC2C=C(C=C1)OCO2)N=O. The summed E-state index contributed by atoms with van der Waals surface area (Å²) in [6.45, 7) is 3.97. The van der Waals surface area contributed by atoms with E-state index in [1.54, 1.807) is 32.1 Å². The summed E-state index contributed by atoms with van der Waals surface area (Å²) in [7, 11) is 0. The second-order valence-corrected chi connectivity index (χ2v) is 10.1. The van der Waals surface area contributed by atoms with Crippen molar-refractivity contribution in [2.24, 2.45) is 11.0 Å². The van der Waals surface area contributed by atoms with E-state index in [9.17, 15) is 36.4 Å². The summed E-state index contributed by atoms with van der Waals surface area (Å²) in [5, 5.41) is 14.0. The lowest BCUT2D eigenvalue weighted by atomic mass is 9.90. The van der Waals surface area contributed by atoms with Gasteiger partial charge < -0.3 is 25.1 Å². The molecule has 8 nitrogen and oxygen atoms in total. The van der Waals surface area contributed by atoms with Crippen LogP contribution in [0.3, 0.4) is 0 Å². The van der Waals surface area contributed by atoms with E-state index >= 15 is 0 Å². The van der Waals surface area contributed by atoms with E-state index in [1.165, 1.54) is 5.01 Å². The van der Waals surface area contributed by atoms with Crippen LogP contribution in [0, 0.1) is 4.91 Å². The first-order valence-corrected chi connectivity index (χ1v) is 13.0. The molecule has 1 aliphatic carbocycles. The zero-order chi connectivity index (χ0) is 30.5. The molecule has 228 valence electrons. The van der Waals surface area contributed by atoms with Crippen LogP contribution in [-0.2, 0) is 21.5 Å². The minimum atomic E-state index is -5.98. The van der Waals surface area contributed by atoms with E-state index < -0.39 is 29.1 Å². The summed E-state index contributed by atoms with van der Waals surface area (Å²) in [6.07, 6.45) is -3.69. The lowest BCUT2D eigenvalue weighted by molar-refractivity contribution is -0.376. The van der Waals surface area contributed by atoms with Crippen molar-refractivity contribution >= 4 is 0 Å². The number of nitrogens with zero attached hydrogens (tertiary/aromatic N) is 2. The van der Waals surface area contributed by atoms with Gasteiger partial charge >= 0.3 is 12.4 Å². The molecule has 0 amide bonds. The largest absolute Gasteiger partial charge is 0.493 e. The maximum Gasteiger partial charge on any atom is 0.430 e. The Labute approximate surface area is 233 Å². The van der Waals surface area contributed by atoms with Gasteiger partial charge in [-0.25, -0.2) is 0 Å². The number of aliphatic hydroxyl groups is 1. The standard InChI is InChI=1S/C27H33F6N3O5/c1-3-6-18-13-20(25(37,26(28,29)30)27(31,32)33)8-10-23(18)39-12-5-4-11-36(35-38)16-24(2,34)19-7-9-21-15-22(14-19)41-17-40-21/h7-10,13-15,22,37H,3-6,11-12,16-17,34H2,1-2H3. The molecule has 0 fully saturated rings. The van der Waals surface area contributed by atoms with Gasteiger partial charge in [-0.05, 0) is 67.7 Å². The van der Waals surface area contributed by atoms with Crippen molar-refractivity contribution in [3.8, 4) is 5.75 Å². The summed E-state index contributed by atoms with van der Waals surface area (Å²) >= 11 is 0. The van der Waals surface area contributed by atoms with Gasteiger partial charge in [-0.1, -0.05) is 25.5 Å². The molecule has 3 N–H and O–H groups in total. The van der Waals surface area contributed by atoms with Crippen molar-refractivity contribution in [1.82, 2.24) is 5.01 Å². The average Bonchev–Trinajstić information content (AvgIpc) is 3.04. The van der Waals surface area contributed by atoms with Gasteiger partial charge in [0.25, 0.3) is 5.60 Å². The van der Waals surface area contributed by atoms with Crippen molar-refractivity contribution in [1.29, 1.82) is 0 Å². The number of hydrogen-bond donors (Lipinski definition) is 2. The van der Waals surface area contributed by atoms with Crippen LogP contribution in [0.1, 0.15) is 44.2 Å². The van der Waals surface area contributed by atoms with Crippen LogP contribution in [-0.4, -0.2) is 60.6 Å². The predicted molar refractivity (Wildman–Crippen MR) is 137 cm³/mol. The maximum atomic E-state index is 13.3. The monoisotopic (exact) mass is 593 g/mol. The fourth-order valence-electron chi connectivity index (χ4n) is 4.52. The minimum Gasteiger partial charge on any atom is -0.493 e. The molecule has 0 spiro atoms. The van der Waals surface area contributed by atoms with Gasteiger partial charge in [-0.2, -0.15) is 26.3 Å². The number of fused-ring (bicyclic) bond motifs is 1. The molecule has 41 heavy (non-hydrogen) atoms. The van der Waals surface area contributed by atoms with Crippen LogP contribution in [0.15, 0.2) is 59.1 Å². The molecule has 2 bridgehead atoms. The van der Waals surface area contributed by atoms with Gasteiger partial charge in [0.15, 0.2) is 6.79 Å². The Morgan fingerprint density at radius 3 is 2.46 bits per heavy atom. The number of benzene rings is 1. The van der Waals surface area contributed by atoms with E-state index in [2.05, 4.69) is 5.29 Å². The van der Waals surface area contributed by atoms with Crippen LogP contribution in [0.4, 0.5) is 26.3 Å². The van der Waals surface area contributed by atoms with Crippen molar-refractivity contribution in [2.75, 3.05) is 26.5 Å². The summed E-state index contributed by atoms with van der Waals surface area (Å²) < 4.78 is 96.3. The summed E-state index contributed by atoms with van der Waals surface area (Å²) in [6, 6.07) is 2.24. The molecule has 2 unspecified atom stereocenters. The molecule has 1 aliphatic heterocycles. The first-order chi connectivity index (χ1) is 19.1. The first kappa shape index (κ1) is 32.4. The quantitative estimate of drug-likeness (QED) is 0.133. The lowest BCUT2D eigenvalue weighted by Crippen LogP contribution is -2.53. The van der Waals surface area contributed by atoms with E-state index in [-0.39, 0.29) is 50.3 Å². The Bertz CT molecular complexity index is 1150. The molecule has 1 aromatic rings. The number of allylic oxidation sites excluding steroid dienone is 1. The van der Waals surface area contributed by atoms with Crippen LogP contribution >= 0.6 is 0 Å². The topological polar surface area (TPSA) is 107 Å². The number of halogens is 6. The first-order valence-electron chi connectivity index (χ1n) is 13.0. The van der Waals surface area contributed by atoms with Crippen molar-refractivity contribution in [2.45, 2.75) is 69.1 Å². The van der Waals surface area contributed by atoms with Gasteiger partial charge in [0.2, 0.25) is 0 Å². The second kappa shape index (κ2) is 12.8. The summed E-state index contributed by atoms with van der Waals surface area (Å²) in [5.74, 6) is 0.766. The Kier molecular flexibility index (Phi) is 10.1. The second-order valence-electron chi connectivity index (χ2n) is 10.1. The van der Waals surface area contributed by atoms with Gasteiger partial charge in [0.05, 0.1) is 24.0 Å². The van der Waals surface area contributed by atoms with Crippen molar-refractivity contribution in [3.05, 3.63) is 69.9 Å². The Morgan fingerprint density at radius 1 is 1.12 bits per heavy atom. The fourth-order valence-corrected chi connectivity index (χ4v) is 4.52. The predicted octanol–water partition coefficient (Wildman–Crippen LogP) is 5.56. The lowest BCUT2D eigenvalue weighted by Gasteiger charge is -2.33. The third-order valence-corrected chi connectivity index (χ3v) is 6.76. The highest BCUT2D eigenvalue weighted by atomic mass is 19.4.